The van der Waals surface area contributed by atoms with Crippen molar-refractivity contribution in [1.29, 1.82) is 0 Å². The molecule has 3 aromatic heterocycles. The Kier molecular flexibility index (Phi) is 4.55. The van der Waals surface area contributed by atoms with Gasteiger partial charge in [-0.3, -0.25) is 14.5 Å². The van der Waals surface area contributed by atoms with Crippen LogP contribution < -0.4 is 0 Å². The fourth-order valence-electron chi connectivity index (χ4n) is 3.92. The Morgan fingerprint density at radius 1 is 1.13 bits per heavy atom. The number of benzene rings is 2. The summed E-state index contributed by atoms with van der Waals surface area (Å²) in [6, 6.07) is 12.2. The summed E-state index contributed by atoms with van der Waals surface area (Å²) in [4.78, 5) is 21.1. The van der Waals surface area contributed by atoms with E-state index in [0.29, 0.717) is 0 Å². The summed E-state index contributed by atoms with van der Waals surface area (Å²) in [5.41, 5.74) is 7.35. The van der Waals surface area contributed by atoms with Crippen molar-refractivity contribution in [2.24, 2.45) is 7.05 Å². The maximum Gasteiger partial charge on any atom is 0.307 e. The van der Waals surface area contributed by atoms with Crippen LogP contribution in [0.3, 0.4) is 0 Å². The molecule has 0 fully saturated rings. The topological polar surface area (TPSA) is 80.9 Å². The van der Waals surface area contributed by atoms with E-state index >= 15 is 0 Å². The van der Waals surface area contributed by atoms with Gasteiger partial charge in [-0.05, 0) is 42.7 Å². The third kappa shape index (κ3) is 3.47. The Balaban J connectivity index is 1.75. The van der Waals surface area contributed by atoms with Gasteiger partial charge in [0, 0.05) is 24.2 Å². The number of thiazole rings is 1. The Bertz CT molecular complexity index is 1470. The third-order valence-corrected chi connectivity index (χ3v) is 6.52. The first-order valence-corrected chi connectivity index (χ1v) is 10.7. The molecular weight excluding hydrogens is 408 g/mol. The van der Waals surface area contributed by atoms with Crippen molar-refractivity contribution in [2.75, 3.05) is 0 Å². The summed E-state index contributed by atoms with van der Waals surface area (Å²) in [7, 11) is 1.89. The number of fused-ring (bicyclic) bond motifs is 2. The van der Waals surface area contributed by atoms with Gasteiger partial charge in [-0.1, -0.05) is 29.8 Å². The molecule has 6 nitrogen and oxygen atoms in total. The highest BCUT2D eigenvalue weighted by Gasteiger charge is 2.20. The van der Waals surface area contributed by atoms with E-state index < -0.39 is 5.97 Å². The first-order chi connectivity index (χ1) is 14.9. The number of aryl methyl sites for hydroxylation is 3. The maximum atomic E-state index is 11.6. The second-order valence-electron chi connectivity index (χ2n) is 7.78. The standard InChI is InChI=1S/C24H20N4O2S/c1-13-4-6-15(7-5-13)22-17(10-21(29)30)14(2)8-18-23(22)31-24(26-18)19-9-16-12-28(3)27-20(16)11-25-19/h4-9,11-12H,10H2,1-3H3,(H,29,30). The normalized spacial score (nSPS) is 11.5. The predicted molar refractivity (Wildman–Crippen MR) is 123 cm³/mol. The molecule has 1 N–H and O–H groups in total. The second kappa shape index (κ2) is 7.28. The summed E-state index contributed by atoms with van der Waals surface area (Å²) >= 11 is 1.55. The van der Waals surface area contributed by atoms with Gasteiger partial charge in [-0.25, -0.2) is 4.98 Å². The molecule has 31 heavy (non-hydrogen) atoms. The Hall–Kier alpha value is -3.58. The lowest BCUT2D eigenvalue weighted by Crippen LogP contribution is -2.04. The van der Waals surface area contributed by atoms with Crippen LogP contribution in [-0.4, -0.2) is 30.8 Å². The van der Waals surface area contributed by atoms with Crippen molar-refractivity contribution in [1.82, 2.24) is 19.7 Å². The minimum atomic E-state index is -0.843. The highest BCUT2D eigenvalue weighted by atomic mass is 32.1. The van der Waals surface area contributed by atoms with Crippen LogP contribution in [-0.2, 0) is 18.3 Å². The highest BCUT2D eigenvalue weighted by Crippen LogP contribution is 2.40. The quantitative estimate of drug-likeness (QED) is 0.428. The molecular formula is C24H20N4O2S. The van der Waals surface area contributed by atoms with E-state index in [4.69, 9.17) is 4.98 Å². The molecule has 0 aliphatic heterocycles. The van der Waals surface area contributed by atoms with E-state index in [1.165, 1.54) is 0 Å². The van der Waals surface area contributed by atoms with Crippen LogP contribution in [0.4, 0.5) is 0 Å². The van der Waals surface area contributed by atoms with Gasteiger partial charge >= 0.3 is 5.97 Å². The molecule has 0 saturated heterocycles. The minimum absolute atomic E-state index is 0.0297. The summed E-state index contributed by atoms with van der Waals surface area (Å²) in [6.45, 7) is 3.99. The lowest BCUT2D eigenvalue weighted by molar-refractivity contribution is -0.136. The van der Waals surface area contributed by atoms with Gasteiger partial charge in [0.05, 0.1) is 28.5 Å². The van der Waals surface area contributed by atoms with E-state index in [0.717, 1.165) is 59.6 Å². The van der Waals surface area contributed by atoms with E-state index in [-0.39, 0.29) is 6.42 Å². The van der Waals surface area contributed by atoms with Gasteiger partial charge in [0.2, 0.25) is 0 Å². The number of hydrogen-bond donors (Lipinski definition) is 1. The van der Waals surface area contributed by atoms with Gasteiger partial charge in [0.15, 0.2) is 0 Å². The number of nitrogens with zero attached hydrogens (tertiary/aromatic N) is 4. The van der Waals surface area contributed by atoms with Crippen LogP contribution in [0.2, 0.25) is 0 Å². The summed E-state index contributed by atoms with van der Waals surface area (Å²) in [5, 5.41) is 15.7. The SMILES string of the molecule is Cc1ccc(-c2c(CC(=O)O)c(C)cc3nc(-c4cc5cn(C)nc5cn4)sc23)cc1. The van der Waals surface area contributed by atoms with Crippen LogP contribution in [0.1, 0.15) is 16.7 Å². The molecule has 0 bridgehead atoms. The van der Waals surface area contributed by atoms with Crippen molar-refractivity contribution < 1.29 is 9.90 Å². The molecule has 0 spiro atoms. The van der Waals surface area contributed by atoms with Gasteiger partial charge < -0.3 is 5.11 Å². The van der Waals surface area contributed by atoms with Crippen LogP contribution in [0.25, 0.3) is 42.9 Å². The number of rotatable bonds is 4. The zero-order valence-corrected chi connectivity index (χ0v) is 18.2. The van der Waals surface area contributed by atoms with E-state index in [1.54, 1.807) is 22.2 Å². The molecule has 2 aromatic carbocycles. The first kappa shape index (κ1) is 19.4. The number of carboxylic acid groups (broad SMARTS) is 1. The minimum Gasteiger partial charge on any atom is -0.481 e. The van der Waals surface area contributed by atoms with Crippen molar-refractivity contribution in [2.45, 2.75) is 20.3 Å². The highest BCUT2D eigenvalue weighted by molar-refractivity contribution is 7.22. The molecule has 0 atom stereocenters. The van der Waals surface area contributed by atoms with Crippen molar-refractivity contribution in [3.8, 4) is 21.8 Å². The fourth-order valence-corrected chi connectivity index (χ4v) is 5.02. The molecule has 0 aliphatic rings. The van der Waals surface area contributed by atoms with Crippen LogP contribution in [0.5, 0.6) is 0 Å². The van der Waals surface area contributed by atoms with Gasteiger partial charge in [-0.2, -0.15) is 5.10 Å². The summed E-state index contributed by atoms with van der Waals surface area (Å²) in [5.74, 6) is -0.843. The van der Waals surface area contributed by atoms with Crippen LogP contribution >= 0.6 is 11.3 Å². The summed E-state index contributed by atoms with van der Waals surface area (Å²) < 4.78 is 2.75. The van der Waals surface area contributed by atoms with Gasteiger partial charge in [-0.15, -0.1) is 11.3 Å². The molecule has 5 rings (SSSR count). The van der Waals surface area contributed by atoms with Gasteiger partial charge in [0.25, 0.3) is 0 Å². The number of aliphatic carboxylic acids is 1. The second-order valence-corrected chi connectivity index (χ2v) is 8.78. The average molecular weight is 429 g/mol. The molecule has 5 aromatic rings. The lowest BCUT2D eigenvalue weighted by Gasteiger charge is -2.13. The van der Waals surface area contributed by atoms with E-state index in [2.05, 4.69) is 10.1 Å². The van der Waals surface area contributed by atoms with E-state index in [1.807, 2.05) is 63.5 Å². The Morgan fingerprint density at radius 3 is 2.65 bits per heavy atom. The molecule has 7 heteroatoms. The molecule has 154 valence electrons. The predicted octanol–water partition coefficient (Wildman–Crippen LogP) is 5.16. The third-order valence-electron chi connectivity index (χ3n) is 5.40. The Morgan fingerprint density at radius 2 is 1.90 bits per heavy atom. The number of hydrogen-bond acceptors (Lipinski definition) is 5. The number of aromatic nitrogens is 4. The molecule has 0 aliphatic carbocycles. The molecule has 0 unspecified atom stereocenters. The number of carboxylic acids is 1. The molecule has 0 amide bonds. The first-order valence-electron chi connectivity index (χ1n) is 9.90. The number of pyridine rings is 1. The lowest BCUT2D eigenvalue weighted by atomic mass is 9.93. The molecule has 3 heterocycles. The van der Waals surface area contributed by atoms with E-state index in [9.17, 15) is 9.90 Å². The van der Waals surface area contributed by atoms with Crippen molar-refractivity contribution in [3.63, 3.8) is 0 Å². The zero-order valence-electron chi connectivity index (χ0n) is 17.4. The number of carbonyl (C=O) groups is 1. The largest absolute Gasteiger partial charge is 0.481 e. The molecule has 0 radical (unpaired) electrons. The van der Waals surface area contributed by atoms with Crippen molar-refractivity contribution in [3.05, 3.63) is 65.5 Å². The Labute approximate surface area is 182 Å². The zero-order chi connectivity index (χ0) is 21.7. The van der Waals surface area contributed by atoms with Crippen LogP contribution in [0.15, 0.2) is 48.8 Å². The molecule has 0 saturated carbocycles. The van der Waals surface area contributed by atoms with Crippen molar-refractivity contribution >= 4 is 38.4 Å². The van der Waals surface area contributed by atoms with Gasteiger partial charge in [0.1, 0.15) is 10.5 Å². The van der Waals surface area contributed by atoms with Crippen LogP contribution in [0, 0.1) is 13.8 Å². The maximum absolute atomic E-state index is 11.6. The summed E-state index contributed by atoms with van der Waals surface area (Å²) in [6.07, 6.45) is 3.69. The average Bonchev–Trinajstić information content (AvgIpc) is 3.30. The smallest absolute Gasteiger partial charge is 0.307 e. The monoisotopic (exact) mass is 428 g/mol. The fraction of sp³-hybridized carbons (Fsp3) is 0.167.